The fourth-order valence-electron chi connectivity index (χ4n) is 0.974. The van der Waals surface area contributed by atoms with E-state index >= 15 is 0 Å². The van der Waals surface area contributed by atoms with Crippen molar-refractivity contribution in [3.05, 3.63) is 30.1 Å². The Morgan fingerprint density at radius 3 is 2.36 bits per heavy atom. The zero-order valence-electron chi connectivity index (χ0n) is 8.50. The number of rotatable bonds is 5. The van der Waals surface area contributed by atoms with Crippen LogP contribution in [0.15, 0.2) is 24.3 Å². The van der Waals surface area contributed by atoms with Gasteiger partial charge < -0.3 is 9.47 Å². The van der Waals surface area contributed by atoms with Gasteiger partial charge in [-0.2, -0.15) is 0 Å². The summed E-state index contributed by atoms with van der Waals surface area (Å²) in [7, 11) is 0. The minimum atomic E-state index is -0.254. The molecule has 0 aliphatic carbocycles. The van der Waals surface area contributed by atoms with Crippen LogP contribution in [0.4, 0.5) is 4.39 Å². The molecule has 0 fully saturated rings. The first-order valence-electron chi connectivity index (χ1n) is 4.68. The van der Waals surface area contributed by atoms with E-state index in [0.717, 1.165) is 0 Å². The van der Waals surface area contributed by atoms with E-state index in [9.17, 15) is 4.39 Å². The van der Waals surface area contributed by atoms with E-state index in [1.54, 1.807) is 12.1 Å². The lowest BCUT2D eigenvalue weighted by Crippen LogP contribution is -2.11. The molecule has 0 aliphatic heterocycles. The molecule has 0 unspecified atom stereocenters. The minimum Gasteiger partial charge on any atom is -0.491 e. The fraction of sp³-hybridized carbons (Fsp3) is 0.455. The highest BCUT2D eigenvalue weighted by atomic mass is 19.1. The summed E-state index contributed by atoms with van der Waals surface area (Å²) >= 11 is 0. The fourth-order valence-corrected chi connectivity index (χ4v) is 0.974. The molecule has 1 rings (SSSR count). The summed E-state index contributed by atoms with van der Waals surface area (Å²) in [6.45, 7) is 4.98. The van der Waals surface area contributed by atoms with Crippen LogP contribution in [0.5, 0.6) is 5.75 Å². The lowest BCUT2D eigenvalue weighted by atomic mass is 10.3. The van der Waals surface area contributed by atoms with Crippen molar-refractivity contribution in [3.8, 4) is 5.75 Å². The van der Waals surface area contributed by atoms with Gasteiger partial charge in [-0.25, -0.2) is 4.39 Å². The molecule has 0 bridgehead atoms. The molecular weight excluding hydrogens is 183 g/mol. The molecule has 0 saturated carbocycles. The van der Waals surface area contributed by atoms with Crippen LogP contribution in [0.2, 0.25) is 0 Å². The normalized spacial score (nSPS) is 10.6. The predicted molar refractivity (Wildman–Crippen MR) is 53.0 cm³/mol. The monoisotopic (exact) mass is 198 g/mol. The van der Waals surface area contributed by atoms with E-state index in [1.165, 1.54) is 12.1 Å². The number of halogens is 1. The highest BCUT2D eigenvalue weighted by molar-refractivity contribution is 5.21. The quantitative estimate of drug-likeness (QED) is 0.677. The highest BCUT2D eigenvalue weighted by Gasteiger charge is 1.95. The van der Waals surface area contributed by atoms with Gasteiger partial charge >= 0.3 is 0 Å². The lowest BCUT2D eigenvalue weighted by Gasteiger charge is -2.08. The summed E-state index contributed by atoms with van der Waals surface area (Å²) in [5.74, 6) is 0.412. The average molecular weight is 198 g/mol. The molecule has 0 radical (unpaired) electrons. The Hall–Kier alpha value is -1.09. The molecule has 0 spiro atoms. The maximum absolute atomic E-state index is 12.5. The Kier molecular flexibility index (Phi) is 4.40. The lowest BCUT2D eigenvalue weighted by molar-refractivity contribution is 0.0552. The van der Waals surface area contributed by atoms with Crippen molar-refractivity contribution in [2.45, 2.75) is 20.0 Å². The van der Waals surface area contributed by atoms with E-state index in [2.05, 4.69) is 0 Å². The molecule has 0 saturated heterocycles. The van der Waals surface area contributed by atoms with Crippen molar-refractivity contribution in [1.29, 1.82) is 0 Å². The Labute approximate surface area is 83.6 Å². The summed E-state index contributed by atoms with van der Waals surface area (Å²) < 4.78 is 23.1. The molecule has 2 nitrogen and oxygen atoms in total. The van der Waals surface area contributed by atoms with Crippen molar-refractivity contribution in [2.75, 3.05) is 13.2 Å². The summed E-state index contributed by atoms with van der Waals surface area (Å²) in [6, 6.07) is 5.95. The van der Waals surface area contributed by atoms with Gasteiger partial charge in [0.1, 0.15) is 18.2 Å². The van der Waals surface area contributed by atoms with Crippen molar-refractivity contribution < 1.29 is 13.9 Å². The smallest absolute Gasteiger partial charge is 0.123 e. The van der Waals surface area contributed by atoms with Crippen LogP contribution < -0.4 is 4.74 Å². The van der Waals surface area contributed by atoms with Crippen molar-refractivity contribution in [2.24, 2.45) is 0 Å². The summed E-state index contributed by atoms with van der Waals surface area (Å²) in [5.41, 5.74) is 0. The first kappa shape index (κ1) is 11.0. The summed E-state index contributed by atoms with van der Waals surface area (Å²) in [5, 5.41) is 0. The maximum atomic E-state index is 12.5. The zero-order valence-corrected chi connectivity index (χ0v) is 8.50. The average Bonchev–Trinajstić information content (AvgIpc) is 2.15. The van der Waals surface area contributed by atoms with Gasteiger partial charge in [0.25, 0.3) is 0 Å². The molecule has 78 valence electrons. The second kappa shape index (κ2) is 5.60. The third-order valence-electron chi connectivity index (χ3n) is 1.62. The number of hydrogen-bond donors (Lipinski definition) is 0. The Morgan fingerprint density at radius 1 is 1.14 bits per heavy atom. The van der Waals surface area contributed by atoms with E-state index in [0.29, 0.717) is 19.0 Å². The second-order valence-electron chi connectivity index (χ2n) is 3.22. The molecule has 0 amide bonds. The van der Waals surface area contributed by atoms with Gasteiger partial charge in [0.05, 0.1) is 12.7 Å². The van der Waals surface area contributed by atoms with Gasteiger partial charge in [-0.1, -0.05) is 0 Å². The van der Waals surface area contributed by atoms with Crippen molar-refractivity contribution in [1.82, 2.24) is 0 Å². The molecular formula is C11H15FO2. The van der Waals surface area contributed by atoms with E-state index in [1.807, 2.05) is 13.8 Å². The van der Waals surface area contributed by atoms with Gasteiger partial charge in [0, 0.05) is 0 Å². The minimum absolute atomic E-state index is 0.215. The second-order valence-corrected chi connectivity index (χ2v) is 3.22. The van der Waals surface area contributed by atoms with Gasteiger partial charge in [-0.3, -0.25) is 0 Å². The van der Waals surface area contributed by atoms with Crippen LogP contribution in [0.1, 0.15) is 13.8 Å². The maximum Gasteiger partial charge on any atom is 0.123 e. The van der Waals surface area contributed by atoms with E-state index in [-0.39, 0.29) is 11.9 Å². The van der Waals surface area contributed by atoms with Crippen LogP contribution in [-0.4, -0.2) is 19.3 Å². The van der Waals surface area contributed by atoms with Gasteiger partial charge in [0.15, 0.2) is 0 Å². The number of ether oxygens (including phenoxy) is 2. The standard InChI is InChI=1S/C11H15FO2/c1-9(2)13-7-8-14-11-5-3-10(12)4-6-11/h3-6,9H,7-8H2,1-2H3. The third-order valence-corrected chi connectivity index (χ3v) is 1.62. The molecule has 0 aliphatic rings. The largest absolute Gasteiger partial charge is 0.491 e. The first-order chi connectivity index (χ1) is 6.68. The third kappa shape index (κ3) is 4.23. The molecule has 1 aromatic carbocycles. The molecule has 14 heavy (non-hydrogen) atoms. The Balaban J connectivity index is 2.21. The van der Waals surface area contributed by atoms with Crippen molar-refractivity contribution >= 4 is 0 Å². The predicted octanol–water partition coefficient (Wildman–Crippen LogP) is 2.63. The number of benzene rings is 1. The van der Waals surface area contributed by atoms with Crippen LogP contribution >= 0.6 is 0 Å². The SMILES string of the molecule is CC(C)OCCOc1ccc(F)cc1. The molecule has 0 aromatic heterocycles. The van der Waals surface area contributed by atoms with Crippen LogP contribution in [0, 0.1) is 5.82 Å². The molecule has 1 aromatic rings. The highest BCUT2D eigenvalue weighted by Crippen LogP contribution is 2.10. The Bertz CT molecular complexity index is 256. The first-order valence-corrected chi connectivity index (χ1v) is 4.68. The summed E-state index contributed by atoms with van der Waals surface area (Å²) in [4.78, 5) is 0. The van der Waals surface area contributed by atoms with Gasteiger partial charge in [0.2, 0.25) is 0 Å². The molecule has 0 N–H and O–H groups in total. The molecule has 0 atom stereocenters. The number of hydrogen-bond acceptors (Lipinski definition) is 2. The zero-order chi connectivity index (χ0) is 10.4. The topological polar surface area (TPSA) is 18.5 Å². The summed E-state index contributed by atoms with van der Waals surface area (Å²) in [6.07, 6.45) is 0.215. The van der Waals surface area contributed by atoms with Gasteiger partial charge in [-0.05, 0) is 38.1 Å². The van der Waals surface area contributed by atoms with Crippen LogP contribution in [-0.2, 0) is 4.74 Å². The Morgan fingerprint density at radius 2 is 1.79 bits per heavy atom. The van der Waals surface area contributed by atoms with E-state index < -0.39 is 0 Å². The van der Waals surface area contributed by atoms with Crippen LogP contribution in [0.3, 0.4) is 0 Å². The van der Waals surface area contributed by atoms with Crippen LogP contribution in [0.25, 0.3) is 0 Å². The molecule has 0 heterocycles. The van der Waals surface area contributed by atoms with E-state index in [4.69, 9.17) is 9.47 Å². The molecule has 3 heteroatoms. The van der Waals surface area contributed by atoms with Crippen molar-refractivity contribution in [3.63, 3.8) is 0 Å². The van der Waals surface area contributed by atoms with Gasteiger partial charge in [-0.15, -0.1) is 0 Å².